The van der Waals surface area contributed by atoms with Crippen LogP contribution in [0.3, 0.4) is 0 Å². The van der Waals surface area contributed by atoms with E-state index in [0.29, 0.717) is 33.8 Å². The quantitative estimate of drug-likeness (QED) is 0.250. The van der Waals surface area contributed by atoms with Gasteiger partial charge in [-0.25, -0.2) is 9.18 Å². The number of urea groups is 1. The highest BCUT2D eigenvalue weighted by atomic mass is 35.5. The van der Waals surface area contributed by atoms with Crippen molar-refractivity contribution in [1.82, 2.24) is 4.90 Å². The van der Waals surface area contributed by atoms with Crippen LogP contribution < -0.4 is 9.63 Å². The first-order chi connectivity index (χ1) is 16.5. The van der Waals surface area contributed by atoms with Gasteiger partial charge in [0.25, 0.3) is 0 Å². The number of anilines is 1. The van der Waals surface area contributed by atoms with Crippen molar-refractivity contribution >= 4 is 23.3 Å². The molecule has 0 radical (unpaired) electrons. The number of carbonyl (C=O) groups is 1. The fourth-order valence-corrected chi connectivity index (χ4v) is 4.89. The van der Waals surface area contributed by atoms with E-state index in [1.54, 1.807) is 30.3 Å². The van der Waals surface area contributed by atoms with E-state index in [4.69, 9.17) is 11.6 Å². The van der Waals surface area contributed by atoms with Gasteiger partial charge in [0.05, 0.1) is 17.8 Å². The number of fused-ring (bicyclic) bond motifs is 1. The SMILES string of the molecule is CCCC1(c2ccc(F)cc2)c2cc(Cl)ccc2N(Cc2cc[n+](O)cc2)C(=O)N1CC(F)(F)F. The smallest absolute Gasteiger partial charge is 0.301 e. The molecule has 4 rings (SSSR count). The first-order valence-corrected chi connectivity index (χ1v) is 11.3. The molecule has 0 fully saturated rings. The lowest BCUT2D eigenvalue weighted by atomic mass is 9.75. The normalized spacial score (nSPS) is 18.1. The van der Waals surface area contributed by atoms with Crippen molar-refractivity contribution in [3.8, 4) is 0 Å². The summed E-state index contributed by atoms with van der Waals surface area (Å²) in [6.45, 7) is 0.275. The summed E-state index contributed by atoms with van der Waals surface area (Å²) in [7, 11) is 0. The molecule has 1 aliphatic rings. The number of aromatic nitrogens is 1. The van der Waals surface area contributed by atoms with Gasteiger partial charge in [0, 0.05) is 27.4 Å². The number of hydrogen-bond acceptors (Lipinski definition) is 2. The van der Waals surface area contributed by atoms with Crippen molar-refractivity contribution in [3.63, 3.8) is 0 Å². The van der Waals surface area contributed by atoms with Crippen LogP contribution in [0.5, 0.6) is 0 Å². The summed E-state index contributed by atoms with van der Waals surface area (Å²) < 4.78 is 56.3. The third-order valence-corrected chi connectivity index (χ3v) is 6.35. The Kier molecular flexibility index (Phi) is 6.64. The Bertz CT molecular complexity index is 1220. The molecular weight excluding hydrogens is 486 g/mol. The average molecular weight is 509 g/mol. The maximum absolute atomic E-state index is 13.9. The molecule has 35 heavy (non-hydrogen) atoms. The van der Waals surface area contributed by atoms with Crippen LogP contribution in [0.2, 0.25) is 5.02 Å². The lowest BCUT2D eigenvalue weighted by Crippen LogP contribution is -2.61. The molecule has 10 heteroatoms. The summed E-state index contributed by atoms with van der Waals surface area (Å²) in [5, 5.41) is 9.81. The first kappa shape index (κ1) is 24.8. The van der Waals surface area contributed by atoms with Gasteiger partial charge in [-0.15, -0.1) is 0 Å². The molecule has 0 spiro atoms. The number of carbonyl (C=O) groups excluding carboxylic acids is 1. The zero-order valence-electron chi connectivity index (χ0n) is 18.8. The molecular formula is C25H23ClF4N3O2+. The van der Waals surface area contributed by atoms with Gasteiger partial charge >= 0.3 is 12.2 Å². The van der Waals surface area contributed by atoms with Crippen molar-refractivity contribution in [1.29, 1.82) is 0 Å². The van der Waals surface area contributed by atoms with Crippen LogP contribution in [0.25, 0.3) is 0 Å². The molecule has 0 saturated carbocycles. The second-order valence-corrected chi connectivity index (χ2v) is 8.87. The lowest BCUT2D eigenvalue weighted by molar-refractivity contribution is -0.904. The molecule has 0 aliphatic carbocycles. The standard InChI is InChI=1S/C25H23ClF4N3O2/c1-2-11-24(18-3-6-20(27)7-4-18)21-14-19(26)5-8-22(21)32(15-17-9-12-31(35)13-10-17)23(34)33(24)16-25(28,29)30/h3-10,12-14,35H,2,11,15-16H2,1H3/q+1. The number of benzene rings is 2. The third-order valence-electron chi connectivity index (χ3n) is 6.11. The zero-order chi connectivity index (χ0) is 25.4. The van der Waals surface area contributed by atoms with Gasteiger partial charge in [-0.05, 0) is 47.9 Å². The monoisotopic (exact) mass is 508 g/mol. The summed E-state index contributed by atoms with van der Waals surface area (Å²) in [5.74, 6) is -0.539. The maximum atomic E-state index is 13.9. The molecule has 1 aromatic heterocycles. The van der Waals surface area contributed by atoms with Crippen molar-refractivity contribution < 1.29 is 32.3 Å². The molecule has 5 nitrogen and oxygen atoms in total. The third kappa shape index (κ3) is 4.77. The minimum absolute atomic E-state index is 0.0334. The van der Waals surface area contributed by atoms with Crippen LogP contribution in [0.4, 0.5) is 28.0 Å². The van der Waals surface area contributed by atoms with Crippen molar-refractivity contribution in [2.24, 2.45) is 0 Å². The molecule has 3 aromatic rings. The predicted octanol–water partition coefficient (Wildman–Crippen LogP) is 6.05. The Morgan fingerprint density at radius 2 is 1.71 bits per heavy atom. The lowest BCUT2D eigenvalue weighted by Gasteiger charge is -2.52. The van der Waals surface area contributed by atoms with E-state index in [9.17, 15) is 27.6 Å². The number of alkyl halides is 3. The van der Waals surface area contributed by atoms with Gasteiger partial charge in [0.2, 0.25) is 12.4 Å². The van der Waals surface area contributed by atoms with Gasteiger partial charge in [-0.2, -0.15) is 13.2 Å². The molecule has 2 amide bonds. The number of pyridine rings is 1. The number of rotatable bonds is 6. The largest absolute Gasteiger partial charge is 0.406 e. The van der Waals surface area contributed by atoms with Crippen LogP contribution in [-0.2, 0) is 12.1 Å². The van der Waals surface area contributed by atoms with Crippen LogP contribution in [-0.4, -0.2) is 28.9 Å². The molecule has 2 heterocycles. The van der Waals surface area contributed by atoms with Crippen LogP contribution in [0, 0.1) is 5.82 Å². The van der Waals surface area contributed by atoms with E-state index in [0.717, 1.165) is 9.63 Å². The maximum Gasteiger partial charge on any atom is 0.406 e. The van der Waals surface area contributed by atoms with Crippen LogP contribution in [0.1, 0.15) is 36.5 Å². The molecule has 184 valence electrons. The molecule has 0 bridgehead atoms. The van der Waals surface area contributed by atoms with Gasteiger partial charge in [0.15, 0.2) is 0 Å². The highest BCUT2D eigenvalue weighted by Gasteiger charge is 2.53. The summed E-state index contributed by atoms with van der Waals surface area (Å²) in [4.78, 5) is 15.9. The number of hydrogen-bond donors (Lipinski definition) is 1. The van der Waals surface area contributed by atoms with Gasteiger partial charge in [0.1, 0.15) is 12.4 Å². The van der Waals surface area contributed by atoms with Gasteiger partial charge in [-0.1, -0.05) is 37.1 Å². The van der Waals surface area contributed by atoms with Crippen molar-refractivity contribution in [3.05, 3.63) is 94.5 Å². The Labute approximate surface area is 204 Å². The van der Waals surface area contributed by atoms with E-state index in [1.165, 1.54) is 41.6 Å². The van der Waals surface area contributed by atoms with E-state index in [1.807, 2.05) is 6.92 Å². The molecule has 0 saturated heterocycles. The number of nitrogens with zero attached hydrogens (tertiary/aromatic N) is 3. The summed E-state index contributed by atoms with van der Waals surface area (Å²) in [6, 6.07) is 12.2. The second-order valence-electron chi connectivity index (χ2n) is 8.44. The Morgan fingerprint density at radius 1 is 1.06 bits per heavy atom. The molecule has 1 N–H and O–H groups in total. The van der Waals surface area contributed by atoms with E-state index < -0.39 is 30.1 Å². The molecule has 1 atom stereocenters. The Morgan fingerprint density at radius 3 is 2.31 bits per heavy atom. The fourth-order valence-electron chi connectivity index (χ4n) is 4.72. The Balaban J connectivity index is 1.98. The summed E-state index contributed by atoms with van der Waals surface area (Å²) >= 11 is 6.32. The average Bonchev–Trinajstić information content (AvgIpc) is 2.80. The number of halogens is 5. The van der Waals surface area contributed by atoms with E-state index >= 15 is 0 Å². The summed E-state index contributed by atoms with van der Waals surface area (Å²) in [6.07, 6.45) is -1.36. The fraction of sp³-hybridized carbons (Fsp3) is 0.280. The van der Waals surface area contributed by atoms with Crippen molar-refractivity contribution in [2.75, 3.05) is 11.4 Å². The first-order valence-electron chi connectivity index (χ1n) is 11.0. The minimum Gasteiger partial charge on any atom is -0.301 e. The topological polar surface area (TPSA) is 47.7 Å². The molecule has 1 unspecified atom stereocenters. The van der Waals surface area contributed by atoms with Crippen LogP contribution >= 0.6 is 11.6 Å². The molecule has 2 aromatic carbocycles. The van der Waals surface area contributed by atoms with E-state index in [2.05, 4.69) is 0 Å². The van der Waals surface area contributed by atoms with Crippen LogP contribution in [0.15, 0.2) is 67.0 Å². The second kappa shape index (κ2) is 9.37. The minimum atomic E-state index is -4.69. The van der Waals surface area contributed by atoms with E-state index in [-0.39, 0.29) is 13.0 Å². The Hall–Kier alpha value is -3.33. The highest BCUT2D eigenvalue weighted by molar-refractivity contribution is 6.30. The predicted molar refractivity (Wildman–Crippen MR) is 122 cm³/mol. The van der Waals surface area contributed by atoms with Gasteiger partial charge < -0.3 is 4.90 Å². The highest BCUT2D eigenvalue weighted by Crippen LogP contribution is 2.50. The molecule has 1 aliphatic heterocycles. The number of amides is 2. The summed E-state index contributed by atoms with van der Waals surface area (Å²) in [5.41, 5.74) is 0.284. The van der Waals surface area contributed by atoms with Crippen molar-refractivity contribution in [2.45, 2.75) is 38.0 Å². The van der Waals surface area contributed by atoms with Gasteiger partial charge in [-0.3, -0.25) is 10.1 Å². The zero-order valence-corrected chi connectivity index (χ0v) is 19.5.